The molecular weight excluding hydrogens is 373 g/mol. The minimum atomic E-state index is -3.81. The fraction of sp³-hybridized carbons (Fsp3) is 0.0667. The van der Waals surface area contributed by atoms with Gasteiger partial charge in [-0.25, -0.2) is 8.42 Å². The van der Waals surface area contributed by atoms with Gasteiger partial charge in [0.2, 0.25) is 0 Å². The average molecular weight is 384 g/mol. The smallest absolute Gasteiger partial charge is 0.261 e. The van der Waals surface area contributed by atoms with E-state index in [-0.39, 0.29) is 14.9 Å². The summed E-state index contributed by atoms with van der Waals surface area (Å²) in [4.78, 5) is 4.12. The number of aryl methyl sites for hydroxylation is 1. The van der Waals surface area contributed by atoms with Crippen LogP contribution < -0.4 is 4.72 Å². The number of rotatable bonds is 4. The van der Waals surface area contributed by atoms with Crippen molar-refractivity contribution in [3.63, 3.8) is 0 Å². The summed E-state index contributed by atoms with van der Waals surface area (Å²) in [6, 6.07) is 10.7. The maximum atomic E-state index is 12.5. The maximum absolute atomic E-state index is 12.5. The van der Waals surface area contributed by atoms with E-state index in [1.807, 2.05) is 0 Å². The second-order valence-corrected chi connectivity index (χ2v) is 7.41. The van der Waals surface area contributed by atoms with Gasteiger partial charge in [0.15, 0.2) is 5.82 Å². The molecule has 0 aliphatic rings. The molecule has 9 heteroatoms. The van der Waals surface area contributed by atoms with Crippen LogP contribution in [0.2, 0.25) is 10.0 Å². The van der Waals surface area contributed by atoms with E-state index in [2.05, 4.69) is 14.9 Å². The van der Waals surface area contributed by atoms with E-state index in [1.54, 1.807) is 31.2 Å². The fourth-order valence-electron chi connectivity index (χ4n) is 1.99. The molecule has 0 spiro atoms. The number of benzene rings is 2. The Kier molecular flexibility index (Phi) is 4.49. The van der Waals surface area contributed by atoms with Gasteiger partial charge in [0.25, 0.3) is 15.9 Å². The molecule has 6 nitrogen and oxygen atoms in total. The van der Waals surface area contributed by atoms with Gasteiger partial charge < -0.3 is 4.52 Å². The number of sulfonamides is 1. The molecule has 1 heterocycles. The molecule has 0 bridgehead atoms. The summed E-state index contributed by atoms with van der Waals surface area (Å²) in [5.74, 6) is 0.801. The molecule has 3 rings (SSSR count). The van der Waals surface area contributed by atoms with Crippen molar-refractivity contribution >= 4 is 38.9 Å². The van der Waals surface area contributed by atoms with E-state index in [4.69, 9.17) is 27.7 Å². The van der Waals surface area contributed by atoms with Crippen molar-refractivity contribution in [2.24, 2.45) is 0 Å². The van der Waals surface area contributed by atoms with E-state index < -0.39 is 10.0 Å². The summed E-state index contributed by atoms with van der Waals surface area (Å²) in [6.45, 7) is 1.70. The molecule has 24 heavy (non-hydrogen) atoms. The molecule has 2 aromatic carbocycles. The van der Waals surface area contributed by atoms with Gasteiger partial charge in [0.1, 0.15) is 0 Å². The zero-order valence-electron chi connectivity index (χ0n) is 12.3. The zero-order chi connectivity index (χ0) is 17.3. The molecule has 124 valence electrons. The Balaban J connectivity index is 1.91. The van der Waals surface area contributed by atoms with Crippen LogP contribution in [0.1, 0.15) is 5.82 Å². The largest absolute Gasteiger partial charge is 0.334 e. The number of hydrogen-bond donors (Lipinski definition) is 1. The zero-order valence-corrected chi connectivity index (χ0v) is 14.7. The van der Waals surface area contributed by atoms with E-state index in [0.717, 1.165) is 0 Å². The van der Waals surface area contributed by atoms with Gasteiger partial charge in [-0.1, -0.05) is 34.4 Å². The number of aromatic nitrogens is 2. The van der Waals surface area contributed by atoms with Crippen LogP contribution in [-0.4, -0.2) is 18.6 Å². The van der Waals surface area contributed by atoms with Gasteiger partial charge in [0.05, 0.1) is 14.9 Å². The standard InChI is InChI=1S/C15H11Cl2N3O3S/c1-9-18-15(23-19-9)10-3-2-4-11(7-10)20-24(21,22)12-5-6-13(16)14(17)8-12/h2-8,20H,1H3. The summed E-state index contributed by atoms with van der Waals surface area (Å²) >= 11 is 11.7. The lowest BCUT2D eigenvalue weighted by Gasteiger charge is -2.09. The fourth-order valence-corrected chi connectivity index (χ4v) is 3.43. The van der Waals surface area contributed by atoms with Crippen molar-refractivity contribution in [2.75, 3.05) is 4.72 Å². The highest BCUT2D eigenvalue weighted by Gasteiger charge is 2.16. The predicted molar refractivity (Wildman–Crippen MR) is 91.7 cm³/mol. The van der Waals surface area contributed by atoms with E-state index in [9.17, 15) is 8.42 Å². The predicted octanol–water partition coefficient (Wildman–Crippen LogP) is 4.15. The Hall–Kier alpha value is -2.09. The second kappa shape index (κ2) is 6.43. The molecule has 0 radical (unpaired) electrons. The Morgan fingerprint density at radius 2 is 1.88 bits per heavy atom. The maximum Gasteiger partial charge on any atom is 0.261 e. The van der Waals surface area contributed by atoms with Crippen LogP contribution >= 0.6 is 23.2 Å². The van der Waals surface area contributed by atoms with E-state index >= 15 is 0 Å². The monoisotopic (exact) mass is 383 g/mol. The summed E-state index contributed by atoms with van der Waals surface area (Å²) in [6.07, 6.45) is 0. The summed E-state index contributed by atoms with van der Waals surface area (Å²) in [5, 5.41) is 4.15. The topological polar surface area (TPSA) is 85.1 Å². The van der Waals surface area contributed by atoms with Gasteiger partial charge in [-0.2, -0.15) is 4.98 Å². The third kappa shape index (κ3) is 3.53. The first kappa shape index (κ1) is 16.8. The van der Waals surface area contributed by atoms with Gasteiger partial charge in [0, 0.05) is 11.3 Å². The molecule has 0 fully saturated rings. The number of hydrogen-bond acceptors (Lipinski definition) is 5. The number of nitrogens with zero attached hydrogens (tertiary/aromatic N) is 2. The molecule has 0 unspecified atom stereocenters. The van der Waals surface area contributed by atoms with Crippen molar-refractivity contribution in [1.29, 1.82) is 0 Å². The number of halogens is 2. The first-order chi connectivity index (χ1) is 11.3. The molecule has 0 saturated heterocycles. The normalized spacial score (nSPS) is 11.5. The van der Waals surface area contributed by atoms with Crippen molar-refractivity contribution in [1.82, 2.24) is 10.1 Å². The second-order valence-electron chi connectivity index (χ2n) is 4.91. The SMILES string of the molecule is Cc1noc(-c2cccc(NS(=O)(=O)c3ccc(Cl)c(Cl)c3)c2)n1. The van der Waals surface area contributed by atoms with Crippen molar-refractivity contribution in [3.8, 4) is 11.5 Å². The van der Waals surface area contributed by atoms with E-state index in [0.29, 0.717) is 23.0 Å². The van der Waals surface area contributed by atoms with Gasteiger partial charge in [-0.3, -0.25) is 4.72 Å². The van der Waals surface area contributed by atoms with Crippen molar-refractivity contribution in [3.05, 3.63) is 58.3 Å². The first-order valence-electron chi connectivity index (χ1n) is 6.74. The van der Waals surface area contributed by atoms with Gasteiger partial charge in [-0.15, -0.1) is 0 Å². The Bertz CT molecular complexity index is 1000. The summed E-state index contributed by atoms with van der Waals surface area (Å²) in [5.41, 5.74) is 0.958. The van der Waals surface area contributed by atoms with Gasteiger partial charge >= 0.3 is 0 Å². The highest BCUT2D eigenvalue weighted by molar-refractivity contribution is 7.92. The molecule has 0 atom stereocenters. The molecular formula is C15H11Cl2N3O3S. The van der Waals surface area contributed by atoms with Crippen molar-refractivity contribution in [2.45, 2.75) is 11.8 Å². The molecule has 0 aliphatic heterocycles. The molecule has 0 saturated carbocycles. The highest BCUT2D eigenvalue weighted by atomic mass is 35.5. The quantitative estimate of drug-likeness (QED) is 0.730. The lowest BCUT2D eigenvalue weighted by atomic mass is 10.2. The minimum Gasteiger partial charge on any atom is -0.334 e. The van der Waals surface area contributed by atoms with Crippen LogP contribution in [0.3, 0.4) is 0 Å². The number of nitrogens with one attached hydrogen (secondary N) is 1. The molecule has 1 aromatic heterocycles. The highest BCUT2D eigenvalue weighted by Crippen LogP contribution is 2.27. The third-order valence-electron chi connectivity index (χ3n) is 3.09. The lowest BCUT2D eigenvalue weighted by molar-refractivity contribution is 0.425. The Morgan fingerprint density at radius 3 is 2.54 bits per heavy atom. The molecule has 0 amide bonds. The minimum absolute atomic E-state index is 0.0101. The molecule has 0 aliphatic carbocycles. The summed E-state index contributed by atoms with van der Waals surface area (Å²) in [7, 11) is -3.81. The lowest BCUT2D eigenvalue weighted by Crippen LogP contribution is -2.12. The third-order valence-corrected chi connectivity index (χ3v) is 5.21. The van der Waals surface area contributed by atoms with Crippen LogP contribution in [0.5, 0.6) is 0 Å². The van der Waals surface area contributed by atoms with Crippen LogP contribution in [0.15, 0.2) is 51.9 Å². The summed E-state index contributed by atoms with van der Waals surface area (Å²) < 4.78 is 32.5. The van der Waals surface area contributed by atoms with Crippen LogP contribution in [0.25, 0.3) is 11.5 Å². The molecule has 1 N–H and O–H groups in total. The van der Waals surface area contributed by atoms with Gasteiger partial charge in [-0.05, 0) is 43.3 Å². The average Bonchev–Trinajstić information content (AvgIpc) is 2.96. The Morgan fingerprint density at radius 1 is 1.08 bits per heavy atom. The van der Waals surface area contributed by atoms with E-state index in [1.165, 1.54) is 18.2 Å². The van der Waals surface area contributed by atoms with Crippen LogP contribution in [-0.2, 0) is 10.0 Å². The van der Waals surface area contributed by atoms with Crippen LogP contribution in [0, 0.1) is 6.92 Å². The molecule has 3 aromatic rings. The van der Waals surface area contributed by atoms with Crippen LogP contribution in [0.4, 0.5) is 5.69 Å². The van der Waals surface area contributed by atoms with Crippen molar-refractivity contribution < 1.29 is 12.9 Å². The first-order valence-corrected chi connectivity index (χ1v) is 8.98. The number of anilines is 1. The Labute approximate surface area is 148 Å².